The topological polar surface area (TPSA) is 66.8 Å². The van der Waals surface area contributed by atoms with Crippen LogP contribution in [0, 0.1) is 11.7 Å². The molecule has 1 unspecified atom stereocenters. The minimum absolute atomic E-state index is 0.135. The number of halogens is 1. The molecule has 7 heteroatoms. The Hall–Kier alpha value is -3.48. The quantitative estimate of drug-likeness (QED) is 0.531. The summed E-state index contributed by atoms with van der Waals surface area (Å²) in [5.74, 6) is -0.455. The molecule has 1 atom stereocenters. The van der Waals surface area contributed by atoms with Crippen LogP contribution < -0.4 is 0 Å². The van der Waals surface area contributed by atoms with Crippen LogP contribution in [0.4, 0.5) is 4.39 Å². The third kappa shape index (κ3) is 3.50. The average Bonchev–Trinajstić information content (AvgIpc) is 3.47. The summed E-state index contributed by atoms with van der Waals surface area (Å²) in [6.45, 7) is 5.45. The number of carbonyl (C=O) groups is 1. The van der Waals surface area contributed by atoms with Crippen LogP contribution >= 0.6 is 0 Å². The minimum Gasteiger partial charge on any atom is -0.333 e. The zero-order valence-electron chi connectivity index (χ0n) is 17.5. The Morgan fingerprint density at radius 2 is 2.06 bits per heavy atom. The molecule has 31 heavy (non-hydrogen) atoms. The van der Waals surface area contributed by atoms with Crippen molar-refractivity contribution in [1.29, 1.82) is 0 Å². The van der Waals surface area contributed by atoms with Crippen molar-refractivity contribution < 1.29 is 9.18 Å². The first-order chi connectivity index (χ1) is 14.9. The summed E-state index contributed by atoms with van der Waals surface area (Å²) in [7, 11) is 0. The molecule has 0 radical (unpaired) electrons. The second-order valence-corrected chi connectivity index (χ2v) is 8.87. The van der Waals surface area contributed by atoms with Gasteiger partial charge in [0.15, 0.2) is 0 Å². The molecule has 158 valence electrons. The van der Waals surface area contributed by atoms with Gasteiger partial charge in [-0.1, -0.05) is 12.1 Å². The predicted molar refractivity (Wildman–Crippen MR) is 117 cm³/mol. The van der Waals surface area contributed by atoms with Gasteiger partial charge in [-0.05, 0) is 50.5 Å². The highest BCUT2D eigenvalue weighted by molar-refractivity contribution is 5.95. The number of aromatic amines is 1. The number of nitrogens with zero attached hydrogens (tertiary/aromatic N) is 4. The zero-order valence-corrected chi connectivity index (χ0v) is 17.5. The molecule has 1 saturated heterocycles. The summed E-state index contributed by atoms with van der Waals surface area (Å²) in [6, 6.07) is 10.4. The molecule has 0 spiro atoms. The number of hydrogen-bond acceptors (Lipinski definition) is 3. The summed E-state index contributed by atoms with van der Waals surface area (Å²) in [5, 5.41) is 7.89. The number of hydrogen-bond donors (Lipinski definition) is 1. The van der Waals surface area contributed by atoms with E-state index in [-0.39, 0.29) is 22.9 Å². The molecular formula is C24H24FN5O. The first-order valence-corrected chi connectivity index (χ1v) is 10.4. The molecule has 1 aliphatic heterocycles. The van der Waals surface area contributed by atoms with Crippen molar-refractivity contribution >= 4 is 16.9 Å². The summed E-state index contributed by atoms with van der Waals surface area (Å²) >= 11 is 0. The highest BCUT2D eigenvalue weighted by Gasteiger charge is 2.42. The number of aromatic nitrogens is 4. The highest BCUT2D eigenvalue weighted by Crippen LogP contribution is 2.35. The van der Waals surface area contributed by atoms with Crippen molar-refractivity contribution in [3.05, 3.63) is 72.6 Å². The second-order valence-electron chi connectivity index (χ2n) is 8.87. The van der Waals surface area contributed by atoms with Crippen molar-refractivity contribution in [2.75, 3.05) is 6.54 Å². The van der Waals surface area contributed by atoms with E-state index in [1.807, 2.05) is 23.5 Å². The molecule has 4 heterocycles. The Morgan fingerprint density at radius 1 is 1.23 bits per heavy atom. The van der Waals surface area contributed by atoms with Gasteiger partial charge in [-0.25, -0.2) is 9.37 Å². The lowest BCUT2D eigenvalue weighted by Crippen LogP contribution is -2.43. The van der Waals surface area contributed by atoms with Crippen LogP contribution in [0.2, 0.25) is 0 Å². The van der Waals surface area contributed by atoms with Crippen molar-refractivity contribution in [1.82, 2.24) is 24.6 Å². The van der Waals surface area contributed by atoms with E-state index in [1.165, 1.54) is 6.07 Å². The molecule has 0 saturated carbocycles. The number of pyridine rings is 1. The fraction of sp³-hybridized carbons (Fsp3) is 0.292. The molecule has 1 amide bonds. The van der Waals surface area contributed by atoms with Crippen LogP contribution in [-0.2, 0) is 6.54 Å². The van der Waals surface area contributed by atoms with Gasteiger partial charge >= 0.3 is 0 Å². The summed E-state index contributed by atoms with van der Waals surface area (Å²) in [5.41, 5.74) is 2.74. The summed E-state index contributed by atoms with van der Waals surface area (Å²) < 4.78 is 16.3. The molecule has 5 rings (SSSR count). The van der Waals surface area contributed by atoms with E-state index in [2.05, 4.69) is 45.7 Å². The van der Waals surface area contributed by atoms with E-state index < -0.39 is 5.82 Å². The lowest BCUT2D eigenvalue weighted by Gasteiger charge is -2.31. The highest BCUT2D eigenvalue weighted by atomic mass is 19.1. The smallest absolute Gasteiger partial charge is 0.257 e. The fourth-order valence-corrected chi connectivity index (χ4v) is 4.72. The standard InChI is InChI=1S/C24H24FN5O/c1-24(2)10-16(15-30(24)23(31)20-5-3-4-6-21(20)25)14-29-8-7-17-9-18(11-26-22(17)29)19-12-27-28-13-19/h3-9,11-13,16H,10,14-15H2,1-2H3,(H,27,28). The summed E-state index contributed by atoms with van der Waals surface area (Å²) in [6.07, 6.45) is 8.38. The molecule has 6 nitrogen and oxygen atoms in total. The molecule has 1 aromatic carbocycles. The van der Waals surface area contributed by atoms with Gasteiger partial charge in [0.05, 0.1) is 11.8 Å². The van der Waals surface area contributed by atoms with Gasteiger partial charge in [0.2, 0.25) is 0 Å². The molecule has 1 N–H and O–H groups in total. The van der Waals surface area contributed by atoms with E-state index in [1.54, 1.807) is 24.4 Å². The second kappa shape index (κ2) is 7.34. The van der Waals surface area contributed by atoms with Gasteiger partial charge in [-0.3, -0.25) is 9.89 Å². The zero-order chi connectivity index (χ0) is 21.6. The van der Waals surface area contributed by atoms with Crippen LogP contribution in [0.15, 0.2) is 61.2 Å². The molecule has 4 aromatic rings. The number of fused-ring (bicyclic) bond motifs is 1. The lowest BCUT2D eigenvalue weighted by atomic mass is 9.96. The normalized spacial score (nSPS) is 18.0. The molecule has 0 aliphatic carbocycles. The van der Waals surface area contributed by atoms with Crippen LogP contribution in [0.3, 0.4) is 0 Å². The van der Waals surface area contributed by atoms with Crippen LogP contribution in [0.25, 0.3) is 22.2 Å². The Bertz CT molecular complexity index is 1240. The van der Waals surface area contributed by atoms with Crippen molar-refractivity contribution in [3.63, 3.8) is 0 Å². The van der Waals surface area contributed by atoms with Crippen molar-refractivity contribution in [2.24, 2.45) is 5.92 Å². The average molecular weight is 417 g/mol. The number of likely N-dealkylation sites (tertiary alicyclic amines) is 1. The molecule has 1 aliphatic rings. The van der Waals surface area contributed by atoms with Crippen molar-refractivity contribution in [3.8, 4) is 11.1 Å². The van der Waals surface area contributed by atoms with E-state index in [4.69, 9.17) is 0 Å². The Labute approximate surface area is 179 Å². The first-order valence-electron chi connectivity index (χ1n) is 10.4. The molecular weight excluding hydrogens is 393 g/mol. The predicted octanol–water partition coefficient (Wildman–Crippen LogP) is 4.51. The Morgan fingerprint density at radius 3 is 2.84 bits per heavy atom. The van der Waals surface area contributed by atoms with Crippen molar-refractivity contribution in [2.45, 2.75) is 32.4 Å². The maximum Gasteiger partial charge on any atom is 0.257 e. The first kappa shape index (κ1) is 19.5. The van der Waals surface area contributed by atoms with Gasteiger partial charge in [0, 0.05) is 53.7 Å². The molecule has 3 aromatic heterocycles. The third-order valence-electron chi connectivity index (χ3n) is 6.20. The van der Waals surface area contributed by atoms with Crippen LogP contribution in [0.5, 0.6) is 0 Å². The van der Waals surface area contributed by atoms with Gasteiger partial charge in [-0.2, -0.15) is 5.10 Å². The maximum absolute atomic E-state index is 14.2. The summed E-state index contributed by atoms with van der Waals surface area (Å²) in [4.78, 5) is 19.5. The third-order valence-corrected chi connectivity index (χ3v) is 6.20. The number of amides is 1. The maximum atomic E-state index is 14.2. The molecule has 0 bridgehead atoms. The number of H-pyrrole nitrogens is 1. The fourth-order valence-electron chi connectivity index (χ4n) is 4.72. The lowest BCUT2D eigenvalue weighted by molar-refractivity contribution is 0.0644. The Kier molecular flexibility index (Phi) is 4.61. The van der Waals surface area contributed by atoms with E-state index in [0.717, 1.165) is 35.1 Å². The number of rotatable bonds is 4. The van der Waals surface area contributed by atoms with Crippen LogP contribution in [0.1, 0.15) is 30.6 Å². The minimum atomic E-state index is -0.471. The molecule has 1 fully saturated rings. The van der Waals surface area contributed by atoms with Gasteiger partial charge < -0.3 is 9.47 Å². The SMILES string of the molecule is CC1(C)CC(Cn2ccc3cc(-c4cn[nH]c4)cnc32)CN1C(=O)c1ccccc1F. The van der Waals surface area contributed by atoms with Gasteiger partial charge in [0.25, 0.3) is 5.91 Å². The van der Waals surface area contributed by atoms with E-state index in [0.29, 0.717) is 6.54 Å². The Balaban J connectivity index is 1.37. The number of carbonyl (C=O) groups excluding carboxylic acids is 1. The van der Waals surface area contributed by atoms with E-state index in [9.17, 15) is 9.18 Å². The van der Waals surface area contributed by atoms with Gasteiger partial charge in [-0.15, -0.1) is 0 Å². The largest absolute Gasteiger partial charge is 0.333 e. The monoisotopic (exact) mass is 417 g/mol. The van der Waals surface area contributed by atoms with Gasteiger partial charge in [0.1, 0.15) is 11.5 Å². The number of nitrogens with one attached hydrogen (secondary N) is 1. The van der Waals surface area contributed by atoms with Crippen LogP contribution in [-0.4, -0.2) is 42.6 Å². The van der Waals surface area contributed by atoms with E-state index >= 15 is 0 Å². The number of benzene rings is 1.